The number of aromatic nitrogens is 3. The van der Waals surface area contributed by atoms with Crippen molar-refractivity contribution < 1.29 is 17.9 Å². The Morgan fingerprint density at radius 2 is 1.89 bits per heavy atom. The zero-order valence-electron chi connectivity index (χ0n) is 21.1. The summed E-state index contributed by atoms with van der Waals surface area (Å²) in [6.07, 6.45) is 3.09. The van der Waals surface area contributed by atoms with Crippen LogP contribution in [0.15, 0.2) is 42.7 Å². The fraction of sp³-hybridized carbons (Fsp3) is 0.458. The summed E-state index contributed by atoms with van der Waals surface area (Å²) in [6.45, 7) is 3.09. The van der Waals surface area contributed by atoms with Crippen molar-refractivity contribution in [1.82, 2.24) is 28.9 Å². The maximum absolute atomic E-state index is 11.9. The average molecular weight is 516 g/mol. The number of benzene rings is 1. The van der Waals surface area contributed by atoms with E-state index >= 15 is 0 Å². The zero-order chi connectivity index (χ0) is 25.7. The smallest absolute Gasteiger partial charge is 0.278 e. The maximum atomic E-state index is 11.9. The molecule has 0 unspecified atom stereocenters. The summed E-state index contributed by atoms with van der Waals surface area (Å²) in [5.41, 5.74) is 4.11. The van der Waals surface area contributed by atoms with Crippen LogP contribution in [0.2, 0.25) is 0 Å². The van der Waals surface area contributed by atoms with Gasteiger partial charge in [-0.3, -0.25) is 9.88 Å². The zero-order valence-corrected chi connectivity index (χ0v) is 21.9. The molecule has 3 heterocycles. The highest BCUT2D eigenvalue weighted by Crippen LogP contribution is 2.28. The van der Waals surface area contributed by atoms with Crippen LogP contribution in [0, 0.1) is 0 Å². The topological polar surface area (TPSA) is 113 Å². The van der Waals surface area contributed by atoms with E-state index in [9.17, 15) is 8.42 Å². The van der Waals surface area contributed by atoms with Crippen molar-refractivity contribution >= 4 is 26.9 Å². The van der Waals surface area contributed by atoms with Crippen molar-refractivity contribution in [1.29, 1.82) is 0 Å². The molecule has 1 aliphatic heterocycles. The van der Waals surface area contributed by atoms with E-state index in [0.717, 1.165) is 27.8 Å². The van der Waals surface area contributed by atoms with Crippen LogP contribution in [0.1, 0.15) is 0 Å². The minimum absolute atomic E-state index is 0.180. The van der Waals surface area contributed by atoms with Gasteiger partial charge in [-0.05, 0) is 18.2 Å². The van der Waals surface area contributed by atoms with Gasteiger partial charge in [0.25, 0.3) is 10.2 Å². The first kappa shape index (κ1) is 26.2. The molecule has 4 rings (SSSR count). The van der Waals surface area contributed by atoms with Gasteiger partial charge in [0.15, 0.2) is 5.52 Å². The summed E-state index contributed by atoms with van der Waals surface area (Å²) >= 11 is 0. The van der Waals surface area contributed by atoms with E-state index < -0.39 is 10.2 Å². The number of morpholine rings is 1. The quantitative estimate of drug-likeness (QED) is 0.426. The van der Waals surface area contributed by atoms with Crippen molar-refractivity contribution in [3.05, 3.63) is 42.7 Å². The van der Waals surface area contributed by atoms with Gasteiger partial charge in [0, 0.05) is 78.0 Å². The molecule has 2 aromatic heterocycles. The molecule has 0 spiro atoms. The Balaban J connectivity index is 1.43. The largest absolute Gasteiger partial charge is 0.473 e. The lowest BCUT2D eigenvalue weighted by atomic mass is 10.1. The lowest BCUT2D eigenvalue weighted by molar-refractivity contribution is -0.0475. The van der Waals surface area contributed by atoms with Gasteiger partial charge in [-0.1, -0.05) is 12.1 Å². The number of nitrogens with one attached hydrogen (secondary N) is 1. The molecule has 0 aliphatic carbocycles. The molecule has 3 aromatic rings. The summed E-state index contributed by atoms with van der Waals surface area (Å²) in [6, 6.07) is 10.0. The maximum Gasteiger partial charge on any atom is 0.278 e. The molecule has 1 aromatic carbocycles. The molecule has 0 amide bonds. The molecule has 1 fully saturated rings. The first-order valence-corrected chi connectivity index (χ1v) is 13.2. The van der Waals surface area contributed by atoms with Gasteiger partial charge >= 0.3 is 0 Å². The molecule has 1 N–H and O–H groups in total. The Bertz CT molecular complexity index is 1270. The van der Waals surface area contributed by atoms with Crippen LogP contribution in [-0.4, -0.2) is 106 Å². The molecule has 0 bridgehead atoms. The van der Waals surface area contributed by atoms with E-state index in [1.165, 1.54) is 14.1 Å². The Labute approximate surface area is 212 Å². The van der Waals surface area contributed by atoms with Crippen molar-refractivity contribution in [2.45, 2.75) is 6.10 Å². The van der Waals surface area contributed by atoms with Crippen molar-refractivity contribution in [2.24, 2.45) is 0 Å². The second-order valence-corrected chi connectivity index (χ2v) is 10.9. The number of pyridine rings is 1. The summed E-state index contributed by atoms with van der Waals surface area (Å²) in [5.74, 6) is 0.409. The van der Waals surface area contributed by atoms with Crippen LogP contribution in [-0.2, 0) is 14.9 Å². The lowest BCUT2D eigenvalue weighted by Crippen LogP contribution is -2.48. The SMILES string of the molecule is CN(C)c1ccc(-c2cc3nccnc3c(OC[C@@H]3CN(CCNS(=O)(=O)N(C)C)CCO3)n2)cc1. The number of fused-ring (bicyclic) bond motifs is 1. The van der Waals surface area contributed by atoms with Gasteiger partial charge < -0.3 is 14.4 Å². The predicted octanol–water partition coefficient (Wildman–Crippen LogP) is 1.23. The first-order valence-electron chi connectivity index (χ1n) is 11.8. The van der Waals surface area contributed by atoms with Crippen LogP contribution in [0.3, 0.4) is 0 Å². The number of ether oxygens (including phenoxy) is 2. The van der Waals surface area contributed by atoms with Crippen LogP contribution >= 0.6 is 0 Å². The highest BCUT2D eigenvalue weighted by atomic mass is 32.2. The van der Waals surface area contributed by atoms with Gasteiger partial charge in [-0.25, -0.2) is 14.7 Å². The number of nitrogens with zero attached hydrogens (tertiary/aromatic N) is 6. The monoisotopic (exact) mass is 515 g/mol. The fourth-order valence-corrected chi connectivity index (χ4v) is 4.45. The molecule has 12 heteroatoms. The highest BCUT2D eigenvalue weighted by Gasteiger charge is 2.23. The van der Waals surface area contributed by atoms with Crippen molar-refractivity contribution in [3.8, 4) is 17.1 Å². The highest BCUT2D eigenvalue weighted by molar-refractivity contribution is 7.87. The van der Waals surface area contributed by atoms with Crippen molar-refractivity contribution in [3.63, 3.8) is 0 Å². The Kier molecular flexibility index (Phi) is 8.32. The minimum atomic E-state index is -3.44. The molecule has 194 valence electrons. The summed E-state index contributed by atoms with van der Waals surface area (Å²) in [7, 11) is 3.57. The molecular formula is C24H33N7O4S. The summed E-state index contributed by atoms with van der Waals surface area (Å²) in [4.78, 5) is 17.8. The fourth-order valence-electron chi connectivity index (χ4n) is 3.84. The van der Waals surface area contributed by atoms with Gasteiger partial charge in [0.2, 0.25) is 5.88 Å². The second-order valence-electron chi connectivity index (χ2n) is 8.96. The Hall–Kier alpha value is -2.90. The number of anilines is 1. The average Bonchev–Trinajstić information content (AvgIpc) is 2.87. The summed E-state index contributed by atoms with van der Waals surface area (Å²) in [5, 5.41) is 0. The van der Waals surface area contributed by atoms with Gasteiger partial charge in [-0.15, -0.1) is 0 Å². The molecule has 0 radical (unpaired) electrons. The molecular weight excluding hydrogens is 482 g/mol. The van der Waals surface area contributed by atoms with E-state index in [4.69, 9.17) is 14.5 Å². The molecule has 1 aliphatic rings. The molecule has 1 atom stereocenters. The van der Waals surface area contributed by atoms with E-state index in [1.807, 2.05) is 49.3 Å². The van der Waals surface area contributed by atoms with E-state index in [-0.39, 0.29) is 6.10 Å². The van der Waals surface area contributed by atoms with E-state index in [2.05, 4.69) is 19.6 Å². The van der Waals surface area contributed by atoms with Crippen LogP contribution in [0.5, 0.6) is 5.88 Å². The van der Waals surface area contributed by atoms with E-state index in [0.29, 0.717) is 49.8 Å². The van der Waals surface area contributed by atoms with Crippen LogP contribution in [0.4, 0.5) is 5.69 Å². The Morgan fingerprint density at radius 1 is 1.14 bits per heavy atom. The number of rotatable bonds is 10. The molecule has 11 nitrogen and oxygen atoms in total. The third kappa shape index (κ3) is 6.45. The van der Waals surface area contributed by atoms with Crippen LogP contribution in [0.25, 0.3) is 22.3 Å². The van der Waals surface area contributed by atoms with Crippen molar-refractivity contribution in [2.75, 3.05) is 72.5 Å². The van der Waals surface area contributed by atoms with Gasteiger partial charge in [0.1, 0.15) is 12.7 Å². The molecule has 1 saturated heterocycles. The minimum Gasteiger partial charge on any atom is -0.473 e. The Morgan fingerprint density at radius 3 is 2.61 bits per heavy atom. The third-order valence-electron chi connectivity index (χ3n) is 5.93. The molecule has 0 saturated carbocycles. The van der Waals surface area contributed by atoms with Gasteiger partial charge in [-0.2, -0.15) is 12.7 Å². The van der Waals surface area contributed by atoms with E-state index in [1.54, 1.807) is 12.4 Å². The first-order chi connectivity index (χ1) is 17.2. The lowest BCUT2D eigenvalue weighted by Gasteiger charge is -2.32. The number of hydrogen-bond acceptors (Lipinski definition) is 9. The normalized spacial score (nSPS) is 17.0. The number of hydrogen-bond donors (Lipinski definition) is 1. The molecule has 36 heavy (non-hydrogen) atoms. The standard InChI is InChI=1S/C24H33N7O4S/c1-29(2)19-7-5-18(6-8-19)21-15-22-23(26-10-9-25-22)24(28-21)35-17-20-16-31(13-14-34-20)12-11-27-36(32,33)30(3)4/h5-10,15,20,27H,11-14,16-17H2,1-4H3/t20-/m0/s1. The van der Waals surface area contributed by atoms with Gasteiger partial charge in [0.05, 0.1) is 17.8 Å². The third-order valence-corrected chi connectivity index (χ3v) is 7.46. The summed E-state index contributed by atoms with van der Waals surface area (Å²) < 4.78 is 39.6. The predicted molar refractivity (Wildman–Crippen MR) is 139 cm³/mol. The van der Waals surface area contributed by atoms with Crippen LogP contribution < -0.4 is 14.4 Å². The second kappa shape index (κ2) is 11.4.